The molecule has 152 valence electrons. The maximum absolute atomic E-state index is 12.2. The van der Waals surface area contributed by atoms with Crippen LogP contribution in [0, 0.1) is 0 Å². The molecule has 0 fully saturated rings. The van der Waals surface area contributed by atoms with E-state index in [1.807, 2.05) is 12.1 Å². The maximum Gasteiger partial charge on any atom is 0.227 e. The Morgan fingerprint density at radius 1 is 1.14 bits per heavy atom. The number of hydrogen-bond acceptors (Lipinski definition) is 6. The van der Waals surface area contributed by atoms with Gasteiger partial charge in [0.05, 0.1) is 0 Å². The molecule has 0 radical (unpaired) electrons. The van der Waals surface area contributed by atoms with Crippen molar-refractivity contribution in [1.82, 2.24) is 10.1 Å². The molecule has 3 rings (SSSR count). The molecular formula is C22H26N4O3. The third-order valence-corrected chi connectivity index (χ3v) is 4.39. The first-order chi connectivity index (χ1) is 14.0. The fourth-order valence-electron chi connectivity index (χ4n) is 2.75. The number of nitrogens with two attached hydrogens (primary N) is 1. The fourth-order valence-corrected chi connectivity index (χ4v) is 2.75. The highest BCUT2D eigenvalue weighted by Gasteiger charge is 2.11. The van der Waals surface area contributed by atoms with Gasteiger partial charge >= 0.3 is 0 Å². The first-order valence-electron chi connectivity index (χ1n) is 9.71. The summed E-state index contributed by atoms with van der Waals surface area (Å²) in [4.78, 5) is 16.6. The van der Waals surface area contributed by atoms with Gasteiger partial charge in [-0.25, -0.2) is 0 Å². The van der Waals surface area contributed by atoms with Gasteiger partial charge in [-0.3, -0.25) is 4.79 Å². The number of ether oxygens (including phenoxy) is 1. The molecule has 29 heavy (non-hydrogen) atoms. The zero-order valence-corrected chi connectivity index (χ0v) is 16.7. The molecule has 0 bridgehead atoms. The van der Waals surface area contributed by atoms with Crippen LogP contribution in [0.3, 0.4) is 0 Å². The standard InChI is InChI=1S/C22H26N4O3/c1-15(2)16-3-5-17(6-4-16)22-25-21(29-26-22)12-11-20(27)24-18-7-9-19(10-8-18)28-14-13-23/h3-10,15H,11-14,23H2,1-2H3,(H,24,27). The first kappa shape index (κ1) is 20.5. The monoisotopic (exact) mass is 394 g/mol. The second kappa shape index (κ2) is 9.84. The van der Waals surface area contributed by atoms with Gasteiger partial charge in [0, 0.05) is 30.6 Å². The van der Waals surface area contributed by atoms with E-state index in [-0.39, 0.29) is 12.3 Å². The van der Waals surface area contributed by atoms with E-state index in [9.17, 15) is 4.79 Å². The van der Waals surface area contributed by atoms with Crippen LogP contribution in [0.4, 0.5) is 5.69 Å². The van der Waals surface area contributed by atoms with Crippen LogP contribution in [0.15, 0.2) is 53.1 Å². The second-order valence-electron chi connectivity index (χ2n) is 7.00. The van der Waals surface area contributed by atoms with E-state index in [1.165, 1.54) is 5.56 Å². The summed E-state index contributed by atoms with van der Waals surface area (Å²) in [7, 11) is 0. The molecule has 0 aliphatic heterocycles. The van der Waals surface area contributed by atoms with Crippen molar-refractivity contribution in [2.75, 3.05) is 18.5 Å². The topological polar surface area (TPSA) is 103 Å². The Hall–Kier alpha value is -3.19. The number of anilines is 1. The van der Waals surface area contributed by atoms with Gasteiger partial charge in [0.15, 0.2) is 0 Å². The van der Waals surface area contributed by atoms with E-state index in [2.05, 4.69) is 41.4 Å². The van der Waals surface area contributed by atoms with E-state index in [0.29, 0.717) is 48.6 Å². The average molecular weight is 394 g/mol. The molecule has 3 N–H and O–H groups in total. The number of nitrogens with one attached hydrogen (secondary N) is 1. The lowest BCUT2D eigenvalue weighted by atomic mass is 10.0. The Balaban J connectivity index is 1.50. The van der Waals surface area contributed by atoms with E-state index in [4.69, 9.17) is 15.0 Å². The van der Waals surface area contributed by atoms with E-state index in [0.717, 1.165) is 5.56 Å². The Morgan fingerprint density at radius 3 is 2.52 bits per heavy atom. The highest BCUT2D eigenvalue weighted by Crippen LogP contribution is 2.21. The Labute approximate surface area is 170 Å². The molecule has 1 amide bonds. The van der Waals surface area contributed by atoms with Crippen molar-refractivity contribution in [3.05, 3.63) is 60.0 Å². The van der Waals surface area contributed by atoms with Crippen LogP contribution in [-0.4, -0.2) is 29.2 Å². The van der Waals surface area contributed by atoms with E-state index >= 15 is 0 Å². The van der Waals surface area contributed by atoms with Crippen molar-refractivity contribution in [3.63, 3.8) is 0 Å². The molecule has 1 heterocycles. The summed E-state index contributed by atoms with van der Waals surface area (Å²) >= 11 is 0. The quantitative estimate of drug-likeness (QED) is 0.573. The maximum atomic E-state index is 12.2. The average Bonchev–Trinajstić information content (AvgIpc) is 3.21. The predicted molar refractivity (Wildman–Crippen MR) is 112 cm³/mol. The van der Waals surface area contributed by atoms with Gasteiger partial charge in [-0.1, -0.05) is 43.3 Å². The van der Waals surface area contributed by atoms with Crippen LogP contribution in [0.25, 0.3) is 11.4 Å². The number of rotatable bonds is 9. The summed E-state index contributed by atoms with van der Waals surface area (Å²) in [5.41, 5.74) is 8.26. The molecule has 0 aliphatic rings. The first-order valence-corrected chi connectivity index (χ1v) is 9.71. The third kappa shape index (κ3) is 5.89. The van der Waals surface area contributed by atoms with Crippen LogP contribution in [0.2, 0.25) is 0 Å². The van der Waals surface area contributed by atoms with Gasteiger partial charge in [0.25, 0.3) is 0 Å². The lowest BCUT2D eigenvalue weighted by molar-refractivity contribution is -0.116. The van der Waals surface area contributed by atoms with Crippen LogP contribution in [0.5, 0.6) is 5.75 Å². The zero-order valence-electron chi connectivity index (χ0n) is 16.7. The van der Waals surface area contributed by atoms with Gasteiger partial charge < -0.3 is 20.3 Å². The van der Waals surface area contributed by atoms with Gasteiger partial charge in [-0.05, 0) is 35.7 Å². The molecule has 2 aromatic carbocycles. The van der Waals surface area contributed by atoms with Crippen LogP contribution < -0.4 is 15.8 Å². The molecule has 1 aromatic heterocycles. The Bertz CT molecular complexity index is 918. The van der Waals surface area contributed by atoms with Crippen LogP contribution >= 0.6 is 0 Å². The number of benzene rings is 2. The lowest BCUT2D eigenvalue weighted by Gasteiger charge is -2.07. The van der Waals surface area contributed by atoms with Gasteiger partial charge in [-0.15, -0.1) is 0 Å². The van der Waals surface area contributed by atoms with Gasteiger partial charge in [0.1, 0.15) is 12.4 Å². The summed E-state index contributed by atoms with van der Waals surface area (Å²) in [5, 5.41) is 6.86. The predicted octanol–water partition coefficient (Wildman–Crippen LogP) is 3.77. The molecule has 0 aliphatic carbocycles. The van der Waals surface area contributed by atoms with Crippen molar-refractivity contribution in [3.8, 4) is 17.1 Å². The molecule has 0 atom stereocenters. The molecule has 7 nitrogen and oxygen atoms in total. The number of aromatic nitrogens is 2. The summed E-state index contributed by atoms with van der Waals surface area (Å²) in [6.07, 6.45) is 0.625. The molecule has 0 saturated heterocycles. The van der Waals surface area contributed by atoms with E-state index < -0.39 is 0 Å². The van der Waals surface area contributed by atoms with Crippen molar-refractivity contribution in [2.24, 2.45) is 5.73 Å². The molecule has 0 saturated carbocycles. The smallest absolute Gasteiger partial charge is 0.227 e. The fraction of sp³-hybridized carbons (Fsp3) is 0.318. The molecule has 7 heteroatoms. The minimum Gasteiger partial charge on any atom is -0.492 e. The molecule has 0 unspecified atom stereocenters. The molecule has 0 spiro atoms. The highest BCUT2D eigenvalue weighted by atomic mass is 16.5. The Morgan fingerprint density at radius 2 is 1.86 bits per heavy atom. The summed E-state index contributed by atoms with van der Waals surface area (Å²) in [6.45, 7) is 5.21. The number of nitrogens with zero attached hydrogens (tertiary/aromatic N) is 2. The number of carbonyl (C=O) groups excluding carboxylic acids is 1. The number of aryl methyl sites for hydroxylation is 1. The number of amides is 1. The zero-order chi connectivity index (χ0) is 20.6. The minimum atomic E-state index is -0.123. The van der Waals surface area contributed by atoms with Gasteiger partial charge in [-0.2, -0.15) is 4.98 Å². The van der Waals surface area contributed by atoms with Crippen molar-refractivity contribution in [2.45, 2.75) is 32.6 Å². The van der Waals surface area contributed by atoms with Crippen molar-refractivity contribution in [1.29, 1.82) is 0 Å². The van der Waals surface area contributed by atoms with Crippen molar-refractivity contribution >= 4 is 11.6 Å². The normalized spacial score (nSPS) is 10.9. The Kier molecular flexibility index (Phi) is 6.97. The number of hydrogen-bond donors (Lipinski definition) is 2. The third-order valence-electron chi connectivity index (χ3n) is 4.39. The second-order valence-corrected chi connectivity index (χ2v) is 7.00. The van der Waals surface area contributed by atoms with Crippen LogP contribution in [-0.2, 0) is 11.2 Å². The van der Waals surface area contributed by atoms with Gasteiger partial charge in [0.2, 0.25) is 17.6 Å². The van der Waals surface area contributed by atoms with Crippen molar-refractivity contribution < 1.29 is 14.1 Å². The van der Waals surface area contributed by atoms with E-state index in [1.54, 1.807) is 24.3 Å². The number of carbonyl (C=O) groups is 1. The molecular weight excluding hydrogens is 368 g/mol. The SMILES string of the molecule is CC(C)c1ccc(-c2noc(CCC(=O)Nc3ccc(OCCN)cc3)n2)cc1. The summed E-state index contributed by atoms with van der Waals surface area (Å²) in [5.74, 6) is 2.03. The lowest BCUT2D eigenvalue weighted by Crippen LogP contribution is -2.13. The molecule has 3 aromatic rings. The van der Waals surface area contributed by atoms with Crippen LogP contribution in [0.1, 0.15) is 37.6 Å². The summed E-state index contributed by atoms with van der Waals surface area (Å²) < 4.78 is 10.7. The minimum absolute atomic E-state index is 0.123. The summed E-state index contributed by atoms with van der Waals surface area (Å²) in [6, 6.07) is 15.3. The largest absolute Gasteiger partial charge is 0.492 e. The highest BCUT2D eigenvalue weighted by molar-refractivity contribution is 5.90.